The van der Waals surface area contributed by atoms with E-state index in [0.29, 0.717) is 24.5 Å². The zero-order valence-electron chi connectivity index (χ0n) is 13.9. The van der Waals surface area contributed by atoms with Gasteiger partial charge in [0.05, 0.1) is 11.8 Å². The molecular weight excluding hydrogens is 320 g/mol. The molecule has 0 bridgehead atoms. The number of nitrogens with one attached hydrogen (secondary N) is 2. The van der Waals surface area contributed by atoms with E-state index in [1.807, 2.05) is 12.1 Å². The van der Waals surface area contributed by atoms with Crippen molar-refractivity contribution in [3.8, 4) is 0 Å². The Morgan fingerprint density at radius 3 is 2.68 bits per heavy atom. The summed E-state index contributed by atoms with van der Waals surface area (Å²) in [5.41, 5.74) is 1.54. The molecule has 132 valence electrons. The normalized spacial score (nSPS) is 20.5. The maximum Gasteiger partial charge on any atom is 0.264 e. The number of pyridine rings is 1. The van der Waals surface area contributed by atoms with Gasteiger partial charge in [-0.3, -0.25) is 14.6 Å². The highest BCUT2D eigenvalue weighted by Gasteiger charge is 2.34. The van der Waals surface area contributed by atoms with Crippen LogP contribution in [0.3, 0.4) is 0 Å². The number of hydrogen-bond acceptors (Lipinski definition) is 5. The van der Waals surface area contributed by atoms with Crippen molar-refractivity contribution in [3.05, 3.63) is 58.3 Å². The first-order valence-electron chi connectivity index (χ1n) is 8.51. The number of nitrogens with zero attached hydrogens (tertiary/aromatic N) is 2. The third-order valence-electron chi connectivity index (χ3n) is 4.62. The highest BCUT2D eigenvalue weighted by Crippen LogP contribution is 2.31. The van der Waals surface area contributed by atoms with Crippen molar-refractivity contribution < 1.29 is 9.90 Å². The lowest BCUT2D eigenvalue weighted by atomic mass is 9.75. The highest BCUT2D eigenvalue weighted by atomic mass is 16.3. The first-order valence-corrected chi connectivity index (χ1v) is 8.51. The van der Waals surface area contributed by atoms with E-state index in [0.717, 1.165) is 24.8 Å². The minimum Gasteiger partial charge on any atom is -0.393 e. The summed E-state index contributed by atoms with van der Waals surface area (Å²) < 4.78 is 0. The number of rotatable bonds is 7. The molecule has 7 heteroatoms. The van der Waals surface area contributed by atoms with Crippen LogP contribution >= 0.6 is 0 Å². The van der Waals surface area contributed by atoms with Crippen LogP contribution in [0.5, 0.6) is 0 Å². The van der Waals surface area contributed by atoms with Crippen LogP contribution in [0.4, 0.5) is 0 Å². The average Bonchev–Trinajstić information content (AvgIpc) is 2.59. The predicted molar refractivity (Wildman–Crippen MR) is 91.8 cm³/mol. The summed E-state index contributed by atoms with van der Waals surface area (Å²) in [7, 11) is 0. The van der Waals surface area contributed by atoms with Crippen LogP contribution in [0.25, 0.3) is 0 Å². The topological polar surface area (TPSA) is 108 Å². The predicted octanol–water partition coefficient (Wildman–Crippen LogP) is 0.596. The molecule has 1 aliphatic rings. The third-order valence-corrected chi connectivity index (χ3v) is 4.62. The molecule has 2 aromatic heterocycles. The highest BCUT2D eigenvalue weighted by molar-refractivity contribution is 5.76. The van der Waals surface area contributed by atoms with Gasteiger partial charge in [-0.15, -0.1) is 0 Å². The second-order valence-electron chi connectivity index (χ2n) is 6.53. The number of carbonyl (C=O) groups excluding carboxylic acids is 1. The van der Waals surface area contributed by atoms with E-state index in [4.69, 9.17) is 0 Å². The van der Waals surface area contributed by atoms with Crippen molar-refractivity contribution in [1.29, 1.82) is 0 Å². The molecule has 0 aliphatic heterocycles. The molecule has 2 heterocycles. The maximum absolute atomic E-state index is 12.3. The van der Waals surface area contributed by atoms with Crippen LogP contribution in [0.1, 0.15) is 30.5 Å². The van der Waals surface area contributed by atoms with Gasteiger partial charge in [0.1, 0.15) is 0 Å². The lowest BCUT2D eigenvalue weighted by molar-refractivity contribution is -0.122. The summed E-state index contributed by atoms with van der Waals surface area (Å²) in [4.78, 5) is 27.3. The second kappa shape index (κ2) is 8.02. The molecule has 1 atom stereocenters. The van der Waals surface area contributed by atoms with Gasteiger partial charge in [-0.05, 0) is 48.9 Å². The van der Waals surface area contributed by atoms with Gasteiger partial charge in [-0.1, -0.05) is 0 Å². The minimum absolute atomic E-state index is 0.00170. The summed E-state index contributed by atoms with van der Waals surface area (Å²) in [5, 5.41) is 19.0. The van der Waals surface area contributed by atoms with E-state index in [2.05, 4.69) is 20.5 Å². The monoisotopic (exact) mass is 342 g/mol. The molecule has 1 fully saturated rings. The van der Waals surface area contributed by atoms with Gasteiger partial charge in [0.2, 0.25) is 5.91 Å². The van der Waals surface area contributed by atoms with Gasteiger partial charge in [0.15, 0.2) is 0 Å². The Morgan fingerprint density at radius 1 is 1.28 bits per heavy atom. The molecule has 0 radical (unpaired) electrons. The SMILES string of the molecule is O=C(CCc1ccc(=O)[nH]n1)NC(Cc1ccncc1)C1CC(O)C1. The van der Waals surface area contributed by atoms with Crippen molar-refractivity contribution >= 4 is 5.91 Å². The first kappa shape index (κ1) is 17.3. The van der Waals surface area contributed by atoms with Crippen LogP contribution in [-0.4, -0.2) is 38.3 Å². The van der Waals surface area contributed by atoms with Crippen LogP contribution < -0.4 is 10.9 Å². The van der Waals surface area contributed by atoms with E-state index in [1.54, 1.807) is 18.5 Å². The number of aryl methyl sites for hydroxylation is 1. The van der Waals surface area contributed by atoms with Gasteiger partial charge in [0, 0.05) is 37.3 Å². The number of aromatic amines is 1. The molecule has 3 N–H and O–H groups in total. The van der Waals surface area contributed by atoms with E-state index in [1.165, 1.54) is 6.07 Å². The number of hydrogen-bond donors (Lipinski definition) is 3. The Kier molecular flexibility index (Phi) is 5.55. The van der Waals surface area contributed by atoms with E-state index >= 15 is 0 Å². The third kappa shape index (κ3) is 4.96. The van der Waals surface area contributed by atoms with E-state index < -0.39 is 0 Å². The molecule has 25 heavy (non-hydrogen) atoms. The van der Waals surface area contributed by atoms with Gasteiger partial charge in [0.25, 0.3) is 5.56 Å². The number of amides is 1. The Hall–Kier alpha value is -2.54. The second-order valence-corrected chi connectivity index (χ2v) is 6.53. The Labute approximate surface area is 145 Å². The van der Waals surface area contributed by atoms with Crippen molar-refractivity contribution in [2.75, 3.05) is 0 Å². The molecular formula is C18H22N4O3. The summed E-state index contributed by atoms with van der Waals surface area (Å²) >= 11 is 0. The number of aromatic nitrogens is 3. The fraction of sp³-hybridized carbons (Fsp3) is 0.444. The molecule has 2 aromatic rings. The van der Waals surface area contributed by atoms with Crippen molar-refractivity contribution in [3.63, 3.8) is 0 Å². The molecule has 0 spiro atoms. The lowest BCUT2D eigenvalue weighted by Gasteiger charge is -2.38. The Balaban J connectivity index is 1.56. The van der Waals surface area contributed by atoms with Crippen LogP contribution in [0.15, 0.2) is 41.5 Å². The van der Waals surface area contributed by atoms with E-state index in [9.17, 15) is 14.7 Å². The zero-order valence-corrected chi connectivity index (χ0v) is 13.9. The smallest absolute Gasteiger partial charge is 0.264 e. The first-order chi connectivity index (χ1) is 12.1. The van der Waals surface area contributed by atoms with Gasteiger partial charge in [-0.2, -0.15) is 5.10 Å². The summed E-state index contributed by atoms with van der Waals surface area (Å²) in [6, 6.07) is 6.92. The molecule has 3 rings (SSSR count). The van der Waals surface area contributed by atoms with E-state index in [-0.39, 0.29) is 23.6 Å². The fourth-order valence-corrected chi connectivity index (χ4v) is 3.10. The molecule has 0 aromatic carbocycles. The number of aliphatic hydroxyl groups excluding tert-OH is 1. The minimum atomic E-state index is -0.257. The molecule has 1 unspecified atom stereocenters. The summed E-state index contributed by atoms with van der Waals surface area (Å²) in [6.07, 6.45) is 6.17. The van der Waals surface area contributed by atoms with Crippen molar-refractivity contribution in [2.45, 2.75) is 44.2 Å². The quantitative estimate of drug-likeness (QED) is 0.683. The van der Waals surface area contributed by atoms with Crippen molar-refractivity contribution in [1.82, 2.24) is 20.5 Å². The Morgan fingerprint density at radius 2 is 2.04 bits per heavy atom. The van der Waals surface area contributed by atoms with Crippen LogP contribution in [0.2, 0.25) is 0 Å². The van der Waals surface area contributed by atoms with Crippen LogP contribution in [-0.2, 0) is 17.6 Å². The zero-order chi connectivity index (χ0) is 17.6. The van der Waals surface area contributed by atoms with Gasteiger partial charge >= 0.3 is 0 Å². The fourth-order valence-electron chi connectivity index (χ4n) is 3.10. The standard InChI is InChI=1S/C18H22N4O3/c23-15-10-13(11-15)16(9-12-5-7-19-8-6-12)20-17(24)3-1-14-2-4-18(25)22-21-14/h2,4-8,13,15-16,23H,1,3,9-11H2,(H,20,24)(H,22,25). The number of H-pyrrole nitrogens is 1. The Bertz CT molecular complexity index is 736. The van der Waals surface area contributed by atoms with Gasteiger partial charge < -0.3 is 10.4 Å². The van der Waals surface area contributed by atoms with Crippen LogP contribution in [0, 0.1) is 5.92 Å². The largest absolute Gasteiger partial charge is 0.393 e. The number of carbonyl (C=O) groups is 1. The molecule has 7 nitrogen and oxygen atoms in total. The lowest BCUT2D eigenvalue weighted by Crippen LogP contribution is -2.48. The molecule has 0 saturated heterocycles. The molecule has 1 aliphatic carbocycles. The van der Waals surface area contributed by atoms with Crippen molar-refractivity contribution in [2.24, 2.45) is 5.92 Å². The number of aliphatic hydroxyl groups is 1. The maximum atomic E-state index is 12.3. The summed E-state index contributed by atoms with van der Waals surface area (Å²) in [5.74, 6) is 0.242. The van der Waals surface area contributed by atoms with Gasteiger partial charge in [-0.25, -0.2) is 5.10 Å². The average molecular weight is 342 g/mol. The molecule has 1 amide bonds. The summed E-state index contributed by atoms with van der Waals surface area (Å²) in [6.45, 7) is 0. The molecule has 1 saturated carbocycles.